The van der Waals surface area contributed by atoms with Crippen molar-refractivity contribution < 1.29 is 14.6 Å². The minimum absolute atomic E-state index is 0.300. The minimum Gasteiger partial charge on any atom is -0.494 e. The molecule has 0 radical (unpaired) electrons. The Hall–Kier alpha value is -3.07. The van der Waals surface area contributed by atoms with E-state index in [1.165, 1.54) is 24.8 Å². The first-order chi connectivity index (χ1) is 16.0. The van der Waals surface area contributed by atoms with Crippen LogP contribution in [0, 0.1) is 5.92 Å². The molecular weight excluding hydrogens is 408 g/mol. The van der Waals surface area contributed by atoms with Gasteiger partial charge in [-0.2, -0.15) is 0 Å². The van der Waals surface area contributed by atoms with Gasteiger partial charge >= 0.3 is 5.97 Å². The number of ether oxygens (including phenoxy) is 1. The van der Waals surface area contributed by atoms with E-state index < -0.39 is 5.97 Å². The summed E-state index contributed by atoms with van der Waals surface area (Å²) in [5, 5.41) is 9.24. The van der Waals surface area contributed by atoms with E-state index in [1.54, 1.807) is 12.1 Å². The molecule has 33 heavy (non-hydrogen) atoms. The summed E-state index contributed by atoms with van der Waals surface area (Å²) in [5.41, 5.74) is 6.04. The van der Waals surface area contributed by atoms with E-state index in [0.717, 1.165) is 53.9 Å². The van der Waals surface area contributed by atoms with Gasteiger partial charge in [-0.05, 0) is 70.8 Å². The van der Waals surface area contributed by atoms with Crippen LogP contribution in [0.2, 0.25) is 0 Å². The smallest absolute Gasteiger partial charge is 0.335 e. The van der Waals surface area contributed by atoms with Crippen molar-refractivity contribution in [2.45, 2.75) is 59.3 Å². The highest BCUT2D eigenvalue weighted by Gasteiger charge is 2.12. The SMILES string of the molecule is CCCCCCOc1ccc(-c2cc(CC(C)CC)ccc2-c2ccc(C(=O)O)cc2)cc1. The zero-order valence-electron chi connectivity index (χ0n) is 20.1. The summed E-state index contributed by atoms with van der Waals surface area (Å²) in [6, 6.07) is 22.1. The van der Waals surface area contributed by atoms with Crippen molar-refractivity contribution in [2.24, 2.45) is 5.92 Å². The number of aromatic carboxylic acids is 1. The molecular formula is C30H36O3. The molecule has 0 heterocycles. The van der Waals surface area contributed by atoms with Crippen molar-refractivity contribution in [3.63, 3.8) is 0 Å². The average Bonchev–Trinajstić information content (AvgIpc) is 2.84. The van der Waals surface area contributed by atoms with Crippen LogP contribution in [-0.4, -0.2) is 17.7 Å². The monoisotopic (exact) mass is 444 g/mol. The van der Waals surface area contributed by atoms with E-state index in [4.69, 9.17) is 4.74 Å². The van der Waals surface area contributed by atoms with Gasteiger partial charge in [0.15, 0.2) is 0 Å². The molecule has 0 fully saturated rings. The van der Waals surface area contributed by atoms with E-state index >= 15 is 0 Å². The normalized spacial score (nSPS) is 11.8. The average molecular weight is 445 g/mol. The summed E-state index contributed by atoms with van der Waals surface area (Å²) in [4.78, 5) is 11.3. The molecule has 174 valence electrons. The molecule has 1 unspecified atom stereocenters. The zero-order chi connectivity index (χ0) is 23.6. The fourth-order valence-electron chi connectivity index (χ4n) is 4.00. The molecule has 0 aliphatic carbocycles. The Bertz CT molecular complexity index is 1020. The lowest BCUT2D eigenvalue weighted by Gasteiger charge is -2.15. The topological polar surface area (TPSA) is 46.5 Å². The van der Waals surface area contributed by atoms with Crippen LogP contribution in [0.4, 0.5) is 0 Å². The third-order valence-electron chi connectivity index (χ3n) is 6.24. The molecule has 0 aromatic heterocycles. The van der Waals surface area contributed by atoms with Crippen molar-refractivity contribution in [3.8, 4) is 28.0 Å². The number of carboxylic acid groups (broad SMARTS) is 1. The van der Waals surface area contributed by atoms with Crippen molar-refractivity contribution in [1.82, 2.24) is 0 Å². The molecule has 0 saturated heterocycles. The first kappa shape index (κ1) is 24.6. The molecule has 3 rings (SSSR count). The predicted octanol–water partition coefficient (Wildman–Crippen LogP) is 8.27. The minimum atomic E-state index is -0.907. The molecule has 0 aliphatic heterocycles. The van der Waals surface area contributed by atoms with Gasteiger partial charge < -0.3 is 9.84 Å². The largest absolute Gasteiger partial charge is 0.494 e. The molecule has 3 nitrogen and oxygen atoms in total. The molecule has 1 N–H and O–H groups in total. The number of hydrogen-bond donors (Lipinski definition) is 1. The molecule has 0 spiro atoms. The third-order valence-corrected chi connectivity index (χ3v) is 6.24. The van der Waals surface area contributed by atoms with Gasteiger partial charge in [0.1, 0.15) is 5.75 Å². The number of carboxylic acids is 1. The summed E-state index contributed by atoms with van der Waals surface area (Å²) in [7, 11) is 0. The summed E-state index contributed by atoms with van der Waals surface area (Å²) in [6.45, 7) is 7.48. The molecule has 0 saturated carbocycles. The fraction of sp³-hybridized carbons (Fsp3) is 0.367. The Morgan fingerprint density at radius 2 is 1.52 bits per heavy atom. The quantitative estimate of drug-likeness (QED) is 0.286. The maximum absolute atomic E-state index is 11.3. The highest BCUT2D eigenvalue weighted by atomic mass is 16.5. The van der Waals surface area contributed by atoms with Crippen LogP contribution < -0.4 is 4.74 Å². The van der Waals surface area contributed by atoms with Crippen LogP contribution in [0.1, 0.15) is 68.8 Å². The Labute approximate surface area is 198 Å². The second-order valence-electron chi connectivity index (χ2n) is 8.91. The standard InChI is InChI=1S/C30H36O3/c1-4-6-7-8-19-33-27-16-14-25(15-17-27)29-21-23(20-22(3)5-2)9-18-28(29)24-10-12-26(13-11-24)30(31)32/h9-18,21-22H,4-8,19-20H2,1-3H3,(H,31,32). The predicted molar refractivity (Wildman–Crippen MR) is 137 cm³/mol. The van der Waals surface area contributed by atoms with Gasteiger partial charge in [-0.25, -0.2) is 4.79 Å². The Balaban J connectivity index is 1.88. The third kappa shape index (κ3) is 6.95. The van der Waals surface area contributed by atoms with Gasteiger partial charge in [0.05, 0.1) is 12.2 Å². The Kier molecular flexibility index (Phi) is 9.12. The van der Waals surface area contributed by atoms with E-state index in [2.05, 4.69) is 51.1 Å². The van der Waals surface area contributed by atoms with Gasteiger partial charge in [0.2, 0.25) is 0 Å². The highest BCUT2D eigenvalue weighted by molar-refractivity contribution is 5.89. The van der Waals surface area contributed by atoms with E-state index in [9.17, 15) is 9.90 Å². The highest BCUT2D eigenvalue weighted by Crippen LogP contribution is 2.35. The van der Waals surface area contributed by atoms with E-state index in [-0.39, 0.29) is 0 Å². The number of carbonyl (C=O) groups is 1. The number of benzene rings is 3. The number of hydrogen-bond acceptors (Lipinski definition) is 2. The van der Waals surface area contributed by atoms with Crippen LogP contribution in [0.3, 0.4) is 0 Å². The molecule has 3 heteroatoms. The van der Waals surface area contributed by atoms with Gasteiger partial charge in [-0.15, -0.1) is 0 Å². The molecule has 0 bridgehead atoms. The lowest BCUT2D eigenvalue weighted by atomic mass is 9.90. The van der Waals surface area contributed by atoms with Gasteiger partial charge in [0.25, 0.3) is 0 Å². The summed E-state index contributed by atoms with van der Waals surface area (Å²) in [5.74, 6) is 0.622. The van der Waals surface area contributed by atoms with Crippen LogP contribution in [0.15, 0.2) is 66.7 Å². The lowest BCUT2D eigenvalue weighted by Crippen LogP contribution is -1.99. The van der Waals surface area contributed by atoms with Crippen molar-refractivity contribution in [2.75, 3.05) is 6.61 Å². The second kappa shape index (κ2) is 12.2. The van der Waals surface area contributed by atoms with Crippen LogP contribution >= 0.6 is 0 Å². The molecule has 0 aliphatic rings. The first-order valence-corrected chi connectivity index (χ1v) is 12.2. The molecule has 0 amide bonds. The van der Waals surface area contributed by atoms with Crippen LogP contribution in [-0.2, 0) is 6.42 Å². The lowest BCUT2D eigenvalue weighted by molar-refractivity contribution is 0.0697. The van der Waals surface area contributed by atoms with Crippen molar-refractivity contribution in [1.29, 1.82) is 0 Å². The van der Waals surface area contributed by atoms with E-state index in [1.807, 2.05) is 24.3 Å². The summed E-state index contributed by atoms with van der Waals surface area (Å²) in [6.07, 6.45) is 6.97. The Morgan fingerprint density at radius 3 is 2.15 bits per heavy atom. The molecule has 3 aromatic carbocycles. The summed E-state index contributed by atoms with van der Waals surface area (Å²) < 4.78 is 5.93. The van der Waals surface area contributed by atoms with Crippen molar-refractivity contribution >= 4 is 5.97 Å². The second-order valence-corrected chi connectivity index (χ2v) is 8.91. The van der Waals surface area contributed by atoms with Gasteiger partial charge in [0, 0.05) is 0 Å². The van der Waals surface area contributed by atoms with Gasteiger partial charge in [-0.1, -0.05) is 88.9 Å². The van der Waals surface area contributed by atoms with Crippen LogP contribution in [0.5, 0.6) is 5.75 Å². The zero-order valence-corrected chi connectivity index (χ0v) is 20.1. The van der Waals surface area contributed by atoms with E-state index in [0.29, 0.717) is 11.5 Å². The fourth-order valence-corrected chi connectivity index (χ4v) is 4.00. The van der Waals surface area contributed by atoms with Gasteiger partial charge in [-0.3, -0.25) is 0 Å². The number of rotatable bonds is 12. The van der Waals surface area contributed by atoms with Crippen molar-refractivity contribution in [3.05, 3.63) is 77.9 Å². The van der Waals surface area contributed by atoms with Crippen LogP contribution in [0.25, 0.3) is 22.3 Å². The first-order valence-electron chi connectivity index (χ1n) is 12.2. The number of unbranched alkanes of at least 4 members (excludes halogenated alkanes) is 3. The Morgan fingerprint density at radius 1 is 0.848 bits per heavy atom. The molecule has 1 atom stereocenters. The summed E-state index contributed by atoms with van der Waals surface area (Å²) >= 11 is 0. The molecule has 3 aromatic rings. The maximum Gasteiger partial charge on any atom is 0.335 e. The maximum atomic E-state index is 11.3.